The summed E-state index contributed by atoms with van der Waals surface area (Å²) in [6.45, 7) is 2.95. The zero-order valence-electron chi connectivity index (χ0n) is 13.4. The number of carbonyl (C=O) groups excluding carboxylic acids is 3. The molecular formula is C17H19N3O3S. The summed E-state index contributed by atoms with van der Waals surface area (Å²) in [5.41, 5.74) is 1.17. The Balaban J connectivity index is 2.06. The van der Waals surface area contributed by atoms with Gasteiger partial charge >= 0.3 is 0 Å². The number of nitrogens with one attached hydrogen (secondary N) is 1. The van der Waals surface area contributed by atoms with Gasteiger partial charge < -0.3 is 10.2 Å². The molecule has 1 aromatic rings. The van der Waals surface area contributed by atoms with Crippen molar-refractivity contribution in [2.24, 2.45) is 5.92 Å². The molecule has 1 aliphatic heterocycles. The minimum Gasteiger partial charge on any atom is -0.352 e. The first-order chi connectivity index (χ1) is 11.5. The maximum Gasteiger partial charge on any atom is 0.248 e. The van der Waals surface area contributed by atoms with E-state index in [0.717, 1.165) is 17.1 Å². The number of nitriles is 1. The van der Waals surface area contributed by atoms with Crippen molar-refractivity contribution in [3.63, 3.8) is 0 Å². The summed E-state index contributed by atoms with van der Waals surface area (Å²) >= 11 is 1.76. The van der Waals surface area contributed by atoms with Gasteiger partial charge in [-0.2, -0.15) is 17.0 Å². The summed E-state index contributed by atoms with van der Waals surface area (Å²) in [6.07, 6.45) is 0. The molecule has 6 nitrogen and oxygen atoms in total. The van der Waals surface area contributed by atoms with Crippen molar-refractivity contribution in [1.29, 1.82) is 5.26 Å². The largest absolute Gasteiger partial charge is 0.352 e. The number of amides is 2. The molecule has 1 aromatic carbocycles. The van der Waals surface area contributed by atoms with Crippen molar-refractivity contribution in [2.75, 3.05) is 24.6 Å². The van der Waals surface area contributed by atoms with Crippen LogP contribution in [0.15, 0.2) is 24.3 Å². The molecule has 1 heterocycles. The molecule has 2 amide bonds. The van der Waals surface area contributed by atoms with Crippen LogP contribution in [0.5, 0.6) is 0 Å². The van der Waals surface area contributed by atoms with E-state index in [4.69, 9.17) is 0 Å². The van der Waals surface area contributed by atoms with Crippen LogP contribution in [-0.4, -0.2) is 47.1 Å². The van der Waals surface area contributed by atoms with Gasteiger partial charge in [-0.25, -0.2) is 0 Å². The van der Waals surface area contributed by atoms with Gasteiger partial charge in [0.25, 0.3) is 0 Å². The minimum atomic E-state index is -1.30. The number of Topliss-reactive ketones (excluding diaryl/α,β-unsaturated/α-hetero) is 1. The lowest BCUT2D eigenvalue weighted by Gasteiger charge is -2.27. The molecule has 0 radical (unpaired) electrons. The number of nitrogens with zero attached hydrogens (tertiary/aromatic N) is 2. The van der Waals surface area contributed by atoms with Crippen molar-refractivity contribution in [3.8, 4) is 6.07 Å². The fraction of sp³-hybridized carbons (Fsp3) is 0.412. The highest BCUT2D eigenvalue weighted by Crippen LogP contribution is 2.16. The number of ketones is 1. The van der Waals surface area contributed by atoms with E-state index >= 15 is 0 Å². The summed E-state index contributed by atoms with van der Waals surface area (Å²) in [5, 5.41) is 12.0. The van der Waals surface area contributed by atoms with Gasteiger partial charge in [0.1, 0.15) is 0 Å². The lowest BCUT2D eigenvalue weighted by Crippen LogP contribution is -2.43. The standard InChI is InChI=1S/C17H19N3O3S/c1-12(21)19-11-13-2-4-14(5-3-13)16(22)15(10-18)17(23)20-6-8-24-9-7-20/h2-5,15H,6-9,11H2,1H3,(H,19,21). The van der Waals surface area contributed by atoms with Crippen LogP contribution in [0.1, 0.15) is 22.8 Å². The van der Waals surface area contributed by atoms with Crippen molar-refractivity contribution in [2.45, 2.75) is 13.5 Å². The molecule has 1 N–H and O–H groups in total. The molecule has 1 saturated heterocycles. The van der Waals surface area contributed by atoms with Crippen LogP contribution >= 0.6 is 11.8 Å². The number of hydrogen-bond donors (Lipinski definition) is 1. The third kappa shape index (κ3) is 4.59. The third-order valence-corrected chi connectivity index (χ3v) is 4.68. The maximum absolute atomic E-state index is 12.5. The third-order valence-electron chi connectivity index (χ3n) is 3.74. The van der Waals surface area contributed by atoms with Gasteiger partial charge in [0, 0.05) is 43.6 Å². The second-order valence-electron chi connectivity index (χ2n) is 5.47. The van der Waals surface area contributed by atoms with E-state index in [2.05, 4.69) is 5.32 Å². The second-order valence-corrected chi connectivity index (χ2v) is 6.70. The smallest absolute Gasteiger partial charge is 0.248 e. The average molecular weight is 345 g/mol. The highest BCUT2D eigenvalue weighted by molar-refractivity contribution is 7.99. The number of benzene rings is 1. The van der Waals surface area contributed by atoms with Gasteiger partial charge in [0.2, 0.25) is 11.8 Å². The van der Waals surface area contributed by atoms with Crippen molar-refractivity contribution >= 4 is 29.4 Å². The Morgan fingerprint density at radius 3 is 2.42 bits per heavy atom. The van der Waals surface area contributed by atoms with Crippen LogP contribution in [0, 0.1) is 17.2 Å². The number of rotatable bonds is 5. The Labute approximate surface area is 145 Å². The monoisotopic (exact) mass is 345 g/mol. The average Bonchev–Trinajstić information content (AvgIpc) is 2.61. The lowest BCUT2D eigenvalue weighted by molar-refractivity contribution is -0.132. The van der Waals surface area contributed by atoms with Crippen LogP contribution in [0.4, 0.5) is 0 Å². The van der Waals surface area contributed by atoms with Gasteiger partial charge in [-0.1, -0.05) is 24.3 Å². The SMILES string of the molecule is CC(=O)NCc1ccc(C(=O)C(C#N)C(=O)N2CCSCC2)cc1. The molecule has 2 rings (SSSR count). The Morgan fingerprint density at radius 1 is 1.25 bits per heavy atom. The summed E-state index contributed by atoms with van der Waals surface area (Å²) < 4.78 is 0. The van der Waals surface area contributed by atoms with Gasteiger partial charge in [-0.15, -0.1) is 0 Å². The lowest BCUT2D eigenvalue weighted by atomic mass is 9.96. The topological polar surface area (TPSA) is 90.3 Å². The molecule has 0 aliphatic carbocycles. The zero-order chi connectivity index (χ0) is 17.5. The van der Waals surface area contributed by atoms with Gasteiger partial charge in [0.15, 0.2) is 11.7 Å². The summed E-state index contributed by atoms with van der Waals surface area (Å²) in [7, 11) is 0. The first kappa shape index (κ1) is 18.0. The normalized spacial score (nSPS) is 15.2. The molecule has 0 spiro atoms. The maximum atomic E-state index is 12.5. The van der Waals surface area contributed by atoms with Crippen LogP contribution < -0.4 is 5.32 Å². The highest BCUT2D eigenvalue weighted by Gasteiger charge is 2.32. The van der Waals surface area contributed by atoms with Crippen molar-refractivity contribution in [3.05, 3.63) is 35.4 Å². The molecule has 1 fully saturated rings. The molecule has 0 aromatic heterocycles. The fourth-order valence-electron chi connectivity index (χ4n) is 2.37. The first-order valence-electron chi connectivity index (χ1n) is 7.66. The number of carbonyl (C=O) groups is 3. The quantitative estimate of drug-likeness (QED) is 0.640. The zero-order valence-corrected chi connectivity index (χ0v) is 14.3. The van der Waals surface area contributed by atoms with Crippen LogP contribution in [0.2, 0.25) is 0 Å². The second kappa shape index (κ2) is 8.50. The predicted octanol–water partition coefficient (Wildman–Crippen LogP) is 1.22. The van der Waals surface area contributed by atoms with E-state index in [9.17, 15) is 19.6 Å². The molecule has 0 saturated carbocycles. The van der Waals surface area contributed by atoms with E-state index < -0.39 is 17.6 Å². The Kier molecular flexibility index (Phi) is 6.38. The van der Waals surface area contributed by atoms with Crippen LogP contribution in [-0.2, 0) is 16.1 Å². The Bertz CT molecular complexity index is 661. The number of thioether (sulfide) groups is 1. The molecule has 126 valence electrons. The van der Waals surface area contributed by atoms with Gasteiger partial charge in [0.05, 0.1) is 6.07 Å². The van der Waals surface area contributed by atoms with Crippen molar-refractivity contribution in [1.82, 2.24) is 10.2 Å². The summed E-state index contributed by atoms with van der Waals surface area (Å²) in [6, 6.07) is 8.44. The minimum absolute atomic E-state index is 0.134. The van der Waals surface area contributed by atoms with Gasteiger partial charge in [-0.3, -0.25) is 14.4 Å². The molecule has 1 atom stereocenters. The molecule has 1 aliphatic rings. The highest BCUT2D eigenvalue weighted by atomic mass is 32.2. The molecule has 24 heavy (non-hydrogen) atoms. The molecule has 7 heteroatoms. The number of hydrogen-bond acceptors (Lipinski definition) is 5. The molecule has 0 bridgehead atoms. The molecular weight excluding hydrogens is 326 g/mol. The summed E-state index contributed by atoms with van der Waals surface area (Å²) in [5.74, 6) is -0.664. The van der Waals surface area contributed by atoms with Crippen LogP contribution in [0.25, 0.3) is 0 Å². The first-order valence-corrected chi connectivity index (χ1v) is 8.82. The predicted molar refractivity (Wildman–Crippen MR) is 91.3 cm³/mol. The fourth-order valence-corrected chi connectivity index (χ4v) is 3.28. The Morgan fingerprint density at radius 2 is 1.88 bits per heavy atom. The van der Waals surface area contributed by atoms with E-state index in [0.29, 0.717) is 25.2 Å². The van der Waals surface area contributed by atoms with E-state index in [1.807, 2.05) is 6.07 Å². The molecule has 1 unspecified atom stereocenters. The Hall–Kier alpha value is -2.33. The van der Waals surface area contributed by atoms with E-state index in [-0.39, 0.29) is 5.91 Å². The van der Waals surface area contributed by atoms with E-state index in [1.54, 1.807) is 40.9 Å². The summed E-state index contributed by atoms with van der Waals surface area (Å²) in [4.78, 5) is 37.4. The van der Waals surface area contributed by atoms with E-state index in [1.165, 1.54) is 6.92 Å². The van der Waals surface area contributed by atoms with Crippen molar-refractivity contribution < 1.29 is 14.4 Å². The van der Waals surface area contributed by atoms with Crippen LogP contribution in [0.3, 0.4) is 0 Å². The van der Waals surface area contributed by atoms with Gasteiger partial charge in [-0.05, 0) is 5.56 Å².